The molecule has 1 aromatic rings. The van der Waals surface area contributed by atoms with Crippen LogP contribution in [0.5, 0.6) is 0 Å². The van der Waals surface area contributed by atoms with Crippen LogP contribution >= 0.6 is 0 Å². The summed E-state index contributed by atoms with van der Waals surface area (Å²) in [6.45, 7) is 7.65. The summed E-state index contributed by atoms with van der Waals surface area (Å²) in [7, 11) is 0. The van der Waals surface area contributed by atoms with Crippen LogP contribution in [0.3, 0.4) is 0 Å². The van der Waals surface area contributed by atoms with Crippen molar-refractivity contribution < 1.29 is 4.79 Å². The Labute approximate surface area is 115 Å². The molecule has 2 rings (SSSR count). The predicted octanol–water partition coefficient (Wildman–Crippen LogP) is 2.22. The first-order valence-corrected chi connectivity index (χ1v) is 7.03. The van der Waals surface area contributed by atoms with Gasteiger partial charge >= 0.3 is 0 Å². The van der Waals surface area contributed by atoms with Crippen LogP contribution in [-0.2, 0) is 10.2 Å². The van der Waals surface area contributed by atoms with Crippen LogP contribution in [0.2, 0.25) is 0 Å². The molecule has 0 bridgehead atoms. The molecule has 104 valence electrons. The lowest BCUT2D eigenvalue weighted by Gasteiger charge is -2.36. The summed E-state index contributed by atoms with van der Waals surface area (Å²) in [6.07, 6.45) is 1.82. The van der Waals surface area contributed by atoms with Gasteiger partial charge in [0, 0.05) is 19.1 Å². The topological polar surface area (TPSA) is 46.3 Å². The average molecular weight is 260 g/mol. The number of carbonyl (C=O) groups excluding carboxylic acids is 1. The molecular weight excluding hydrogens is 236 g/mol. The predicted molar refractivity (Wildman–Crippen MR) is 78.0 cm³/mol. The second-order valence-corrected chi connectivity index (χ2v) is 6.12. The van der Waals surface area contributed by atoms with E-state index in [2.05, 4.69) is 31.2 Å². The summed E-state index contributed by atoms with van der Waals surface area (Å²) >= 11 is 0. The SMILES string of the molecule is Cc1ccc(C(C)(C)C(=O)N2CCC(N)CC2)cc1. The lowest BCUT2D eigenvalue weighted by Crippen LogP contribution is -2.49. The number of piperidine rings is 1. The Kier molecular flexibility index (Phi) is 3.95. The third-order valence-electron chi connectivity index (χ3n) is 4.13. The van der Waals surface area contributed by atoms with Gasteiger partial charge in [0.1, 0.15) is 0 Å². The Hall–Kier alpha value is -1.35. The summed E-state index contributed by atoms with van der Waals surface area (Å²) in [4.78, 5) is 14.7. The van der Waals surface area contributed by atoms with Crippen LogP contribution in [0.4, 0.5) is 0 Å². The van der Waals surface area contributed by atoms with E-state index in [1.54, 1.807) is 0 Å². The third-order valence-corrected chi connectivity index (χ3v) is 4.13. The number of rotatable bonds is 2. The van der Waals surface area contributed by atoms with Crippen molar-refractivity contribution in [1.82, 2.24) is 4.90 Å². The molecule has 3 nitrogen and oxygen atoms in total. The Bertz CT molecular complexity index is 442. The minimum Gasteiger partial charge on any atom is -0.342 e. The summed E-state index contributed by atoms with van der Waals surface area (Å²) in [5.74, 6) is 0.211. The molecule has 0 aromatic heterocycles. The highest BCUT2D eigenvalue weighted by Crippen LogP contribution is 2.27. The molecule has 0 unspecified atom stereocenters. The van der Waals surface area contributed by atoms with Gasteiger partial charge in [-0.1, -0.05) is 29.8 Å². The minimum atomic E-state index is -0.463. The molecule has 0 spiro atoms. The Morgan fingerprint density at radius 3 is 2.26 bits per heavy atom. The number of nitrogens with zero attached hydrogens (tertiary/aromatic N) is 1. The lowest BCUT2D eigenvalue weighted by atomic mass is 9.82. The van der Waals surface area contributed by atoms with E-state index in [-0.39, 0.29) is 11.9 Å². The summed E-state index contributed by atoms with van der Waals surface area (Å²) < 4.78 is 0. The zero-order valence-electron chi connectivity index (χ0n) is 12.1. The number of carbonyl (C=O) groups is 1. The quantitative estimate of drug-likeness (QED) is 0.886. The van der Waals surface area contributed by atoms with Crippen molar-refractivity contribution in [3.8, 4) is 0 Å². The molecule has 2 N–H and O–H groups in total. The number of hydrogen-bond acceptors (Lipinski definition) is 2. The van der Waals surface area contributed by atoms with E-state index >= 15 is 0 Å². The van der Waals surface area contributed by atoms with Crippen molar-refractivity contribution in [2.75, 3.05) is 13.1 Å². The molecule has 3 heteroatoms. The fourth-order valence-electron chi connectivity index (χ4n) is 2.59. The number of aryl methyl sites for hydroxylation is 1. The molecule has 0 atom stereocenters. The highest BCUT2D eigenvalue weighted by atomic mass is 16.2. The normalized spacial score (nSPS) is 17.6. The van der Waals surface area contributed by atoms with Crippen LogP contribution < -0.4 is 5.73 Å². The second-order valence-electron chi connectivity index (χ2n) is 6.12. The van der Waals surface area contributed by atoms with Crippen LogP contribution in [-0.4, -0.2) is 29.9 Å². The fraction of sp³-hybridized carbons (Fsp3) is 0.562. The van der Waals surface area contributed by atoms with Crippen molar-refractivity contribution in [1.29, 1.82) is 0 Å². The molecule has 1 heterocycles. The molecule has 0 aliphatic carbocycles. The van der Waals surface area contributed by atoms with Gasteiger partial charge in [-0.2, -0.15) is 0 Å². The van der Waals surface area contributed by atoms with Gasteiger partial charge in [-0.3, -0.25) is 4.79 Å². The smallest absolute Gasteiger partial charge is 0.232 e. The average Bonchev–Trinajstić information content (AvgIpc) is 2.39. The van der Waals surface area contributed by atoms with Gasteiger partial charge in [0.2, 0.25) is 5.91 Å². The summed E-state index contributed by atoms with van der Waals surface area (Å²) in [5, 5.41) is 0. The van der Waals surface area contributed by atoms with Gasteiger partial charge < -0.3 is 10.6 Å². The molecule has 1 saturated heterocycles. The number of hydrogen-bond donors (Lipinski definition) is 1. The van der Waals surface area contributed by atoms with Crippen LogP contribution in [0.1, 0.15) is 37.8 Å². The maximum absolute atomic E-state index is 12.7. The molecule has 1 fully saturated rings. The van der Waals surface area contributed by atoms with Crippen LogP contribution in [0.15, 0.2) is 24.3 Å². The molecular formula is C16H24N2O. The van der Waals surface area contributed by atoms with Crippen molar-refractivity contribution in [2.24, 2.45) is 5.73 Å². The summed E-state index contributed by atoms with van der Waals surface area (Å²) in [5.41, 5.74) is 7.73. The van der Waals surface area contributed by atoms with Gasteiger partial charge in [-0.05, 0) is 39.2 Å². The van der Waals surface area contributed by atoms with E-state index in [0.29, 0.717) is 0 Å². The zero-order valence-corrected chi connectivity index (χ0v) is 12.1. The Morgan fingerprint density at radius 1 is 1.21 bits per heavy atom. The maximum Gasteiger partial charge on any atom is 0.232 e. The van der Waals surface area contributed by atoms with E-state index in [1.165, 1.54) is 5.56 Å². The molecule has 1 aliphatic rings. The van der Waals surface area contributed by atoms with E-state index in [0.717, 1.165) is 31.5 Å². The summed E-state index contributed by atoms with van der Waals surface area (Å²) in [6, 6.07) is 8.50. The fourth-order valence-corrected chi connectivity index (χ4v) is 2.59. The largest absolute Gasteiger partial charge is 0.342 e. The first-order chi connectivity index (χ1) is 8.91. The van der Waals surface area contributed by atoms with Gasteiger partial charge in [-0.25, -0.2) is 0 Å². The van der Waals surface area contributed by atoms with Crippen molar-refractivity contribution in [2.45, 2.75) is 45.1 Å². The van der Waals surface area contributed by atoms with E-state index < -0.39 is 5.41 Å². The van der Waals surface area contributed by atoms with E-state index in [4.69, 9.17) is 5.73 Å². The molecule has 0 saturated carbocycles. The number of benzene rings is 1. The van der Waals surface area contributed by atoms with E-state index in [1.807, 2.05) is 18.7 Å². The lowest BCUT2D eigenvalue weighted by molar-refractivity contribution is -0.137. The molecule has 1 amide bonds. The Morgan fingerprint density at radius 2 is 1.74 bits per heavy atom. The van der Waals surface area contributed by atoms with Crippen LogP contribution in [0.25, 0.3) is 0 Å². The van der Waals surface area contributed by atoms with Crippen molar-refractivity contribution in [3.05, 3.63) is 35.4 Å². The van der Waals surface area contributed by atoms with Gasteiger partial charge in [0.15, 0.2) is 0 Å². The number of amides is 1. The van der Waals surface area contributed by atoms with E-state index in [9.17, 15) is 4.79 Å². The molecule has 1 aliphatic heterocycles. The first-order valence-electron chi connectivity index (χ1n) is 7.03. The third kappa shape index (κ3) is 2.98. The van der Waals surface area contributed by atoms with Gasteiger partial charge in [-0.15, -0.1) is 0 Å². The first kappa shape index (κ1) is 14.1. The van der Waals surface area contributed by atoms with Crippen molar-refractivity contribution in [3.63, 3.8) is 0 Å². The molecule has 1 aromatic carbocycles. The zero-order chi connectivity index (χ0) is 14.0. The standard InChI is InChI=1S/C16H24N2O/c1-12-4-6-13(7-5-12)16(2,3)15(19)18-10-8-14(17)9-11-18/h4-7,14H,8-11,17H2,1-3H3. The van der Waals surface area contributed by atoms with Crippen LogP contribution in [0, 0.1) is 6.92 Å². The minimum absolute atomic E-state index is 0.211. The maximum atomic E-state index is 12.7. The number of nitrogens with two attached hydrogens (primary N) is 1. The molecule has 19 heavy (non-hydrogen) atoms. The second kappa shape index (κ2) is 5.33. The monoisotopic (exact) mass is 260 g/mol. The van der Waals surface area contributed by atoms with Gasteiger partial charge in [0.05, 0.1) is 5.41 Å². The van der Waals surface area contributed by atoms with Crippen molar-refractivity contribution >= 4 is 5.91 Å². The Balaban J connectivity index is 2.14. The highest BCUT2D eigenvalue weighted by molar-refractivity contribution is 5.87. The molecule has 0 radical (unpaired) electrons. The van der Waals surface area contributed by atoms with Gasteiger partial charge in [0.25, 0.3) is 0 Å². The number of likely N-dealkylation sites (tertiary alicyclic amines) is 1. The highest BCUT2D eigenvalue weighted by Gasteiger charge is 2.34.